The number of benzene rings is 1. The van der Waals surface area contributed by atoms with Gasteiger partial charge in [0.15, 0.2) is 0 Å². The summed E-state index contributed by atoms with van der Waals surface area (Å²) in [5.74, 6) is 0. The molecule has 1 unspecified atom stereocenters. The van der Waals surface area contributed by atoms with Gasteiger partial charge in [-0.15, -0.1) is 0 Å². The molecule has 2 heteroatoms. The molecule has 17 heavy (non-hydrogen) atoms. The zero-order valence-corrected chi connectivity index (χ0v) is 10.4. The number of hydrogen-bond acceptors (Lipinski definition) is 2. The number of hydrogen-bond donors (Lipinski definition) is 1. The first kappa shape index (κ1) is 11.8. The SMILES string of the molecule is Cc1ccncc1C(O)c1c(C)cccc1C. The number of aliphatic hydroxyl groups is 1. The molecule has 0 fully saturated rings. The Hall–Kier alpha value is -1.67. The monoisotopic (exact) mass is 227 g/mol. The third kappa shape index (κ3) is 2.22. The van der Waals surface area contributed by atoms with Gasteiger partial charge in [0.25, 0.3) is 0 Å². The van der Waals surface area contributed by atoms with Gasteiger partial charge in [-0.25, -0.2) is 0 Å². The van der Waals surface area contributed by atoms with Crippen LogP contribution in [0.3, 0.4) is 0 Å². The molecule has 2 nitrogen and oxygen atoms in total. The minimum absolute atomic E-state index is 0.593. The third-order valence-electron chi connectivity index (χ3n) is 3.19. The largest absolute Gasteiger partial charge is 0.384 e. The van der Waals surface area contributed by atoms with Crippen LogP contribution < -0.4 is 0 Å². The van der Waals surface area contributed by atoms with Crippen molar-refractivity contribution in [2.75, 3.05) is 0 Å². The van der Waals surface area contributed by atoms with Crippen LogP contribution in [-0.4, -0.2) is 10.1 Å². The van der Waals surface area contributed by atoms with E-state index in [0.717, 1.165) is 27.8 Å². The van der Waals surface area contributed by atoms with Gasteiger partial charge in [0.2, 0.25) is 0 Å². The Bertz CT molecular complexity index is 514. The van der Waals surface area contributed by atoms with Crippen molar-refractivity contribution in [3.05, 3.63) is 64.5 Å². The van der Waals surface area contributed by atoms with E-state index in [0.29, 0.717) is 0 Å². The number of aryl methyl sites for hydroxylation is 3. The Labute approximate surface area is 102 Å². The molecule has 0 aliphatic rings. The van der Waals surface area contributed by atoms with Crippen molar-refractivity contribution in [3.63, 3.8) is 0 Å². The van der Waals surface area contributed by atoms with Gasteiger partial charge < -0.3 is 5.11 Å². The summed E-state index contributed by atoms with van der Waals surface area (Å²) in [7, 11) is 0. The molecule has 0 saturated heterocycles. The Kier molecular flexibility index (Phi) is 3.25. The molecular formula is C15H17NO. The first-order valence-electron chi connectivity index (χ1n) is 5.76. The van der Waals surface area contributed by atoms with E-state index in [9.17, 15) is 5.11 Å². The van der Waals surface area contributed by atoms with Gasteiger partial charge in [0.05, 0.1) is 0 Å². The topological polar surface area (TPSA) is 33.1 Å². The van der Waals surface area contributed by atoms with Gasteiger partial charge in [-0.1, -0.05) is 18.2 Å². The Morgan fingerprint density at radius 1 is 1.00 bits per heavy atom. The second-order valence-electron chi connectivity index (χ2n) is 4.44. The average Bonchev–Trinajstić information content (AvgIpc) is 2.29. The lowest BCUT2D eigenvalue weighted by molar-refractivity contribution is 0.217. The predicted octanol–water partition coefficient (Wildman–Crippen LogP) is 3.09. The Morgan fingerprint density at radius 2 is 1.65 bits per heavy atom. The van der Waals surface area contributed by atoms with E-state index in [1.165, 1.54) is 0 Å². The molecular weight excluding hydrogens is 210 g/mol. The van der Waals surface area contributed by atoms with E-state index >= 15 is 0 Å². The quantitative estimate of drug-likeness (QED) is 0.855. The number of rotatable bonds is 2. The van der Waals surface area contributed by atoms with Crippen molar-refractivity contribution in [2.24, 2.45) is 0 Å². The molecule has 88 valence electrons. The van der Waals surface area contributed by atoms with Gasteiger partial charge in [-0.05, 0) is 49.1 Å². The summed E-state index contributed by atoms with van der Waals surface area (Å²) in [6.45, 7) is 6.04. The first-order valence-corrected chi connectivity index (χ1v) is 5.76. The fourth-order valence-corrected chi connectivity index (χ4v) is 2.18. The summed E-state index contributed by atoms with van der Waals surface area (Å²) < 4.78 is 0. The fourth-order valence-electron chi connectivity index (χ4n) is 2.18. The smallest absolute Gasteiger partial charge is 0.106 e. The van der Waals surface area contributed by atoms with Crippen molar-refractivity contribution in [3.8, 4) is 0 Å². The maximum atomic E-state index is 10.5. The Morgan fingerprint density at radius 3 is 2.24 bits per heavy atom. The lowest BCUT2D eigenvalue weighted by Gasteiger charge is -2.18. The lowest BCUT2D eigenvalue weighted by atomic mass is 9.92. The van der Waals surface area contributed by atoms with Gasteiger partial charge in [-0.3, -0.25) is 4.98 Å². The van der Waals surface area contributed by atoms with Crippen molar-refractivity contribution < 1.29 is 5.11 Å². The molecule has 2 rings (SSSR count). The van der Waals surface area contributed by atoms with E-state index in [1.54, 1.807) is 12.4 Å². The van der Waals surface area contributed by atoms with E-state index in [4.69, 9.17) is 0 Å². The highest BCUT2D eigenvalue weighted by molar-refractivity contribution is 5.41. The van der Waals surface area contributed by atoms with Crippen molar-refractivity contribution in [1.82, 2.24) is 4.98 Å². The Balaban J connectivity index is 2.51. The summed E-state index contributed by atoms with van der Waals surface area (Å²) >= 11 is 0. The van der Waals surface area contributed by atoms with Crippen LogP contribution in [0.15, 0.2) is 36.7 Å². The molecule has 0 aliphatic heterocycles. The van der Waals surface area contributed by atoms with Crippen LogP contribution in [0.1, 0.15) is 33.9 Å². The highest BCUT2D eigenvalue weighted by Crippen LogP contribution is 2.28. The number of aromatic nitrogens is 1. The molecule has 0 radical (unpaired) electrons. The normalized spacial score (nSPS) is 12.5. The zero-order chi connectivity index (χ0) is 12.4. The van der Waals surface area contributed by atoms with Crippen LogP contribution in [0.25, 0.3) is 0 Å². The highest BCUT2D eigenvalue weighted by Gasteiger charge is 2.16. The highest BCUT2D eigenvalue weighted by atomic mass is 16.3. The maximum Gasteiger partial charge on any atom is 0.106 e. The molecule has 1 N–H and O–H groups in total. The van der Waals surface area contributed by atoms with Crippen molar-refractivity contribution in [1.29, 1.82) is 0 Å². The molecule has 1 aromatic carbocycles. The average molecular weight is 227 g/mol. The summed E-state index contributed by atoms with van der Waals surface area (Å²) in [4.78, 5) is 4.09. The van der Waals surface area contributed by atoms with Crippen LogP contribution in [0.2, 0.25) is 0 Å². The molecule has 2 aromatic rings. The predicted molar refractivity (Wildman–Crippen MR) is 69.0 cm³/mol. The number of pyridine rings is 1. The van der Waals surface area contributed by atoms with Crippen molar-refractivity contribution in [2.45, 2.75) is 26.9 Å². The van der Waals surface area contributed by atoms with Crippen LogP contribution in [0, 0.1) is 20.8 Å². The molecule has 1 aromatic heterocycles. The number of aliphatic hydroxyl groups excluding tert-OH is 1. The van der Waals surface area contributed by atoms with E-state index in [-0.39, 0.29) is 0 Å². The fraction of sp³-hybridized carbons (Fsp3) is 0.267. The van der Waals surface area contributed by atoms with Gasteiger partial charge in [0.1, 0.15) is 6.10 Å². The van der Waals surface area contributed by atoms with E-state index in [1.807, 2.05) is 45.0 Å². The molecule has 0 amide bonds. The molecule has 0 saturated carbocycles. The molecule has 1 heterocycles. The summed E-state index contributed by atoms with van der Waals surface area (Å²) in [6.07, 6.45) is 2.90. The third-order valence-corrected chi connectivity index (χ3v) is 3.19. The van der Waals surface area contributed by atoms with E-state index < -0.39 is 6.10 Å². The maximum absolute atomic E-state index is 10.5. The number of nitrogens with zero attached hydrogens (tertiary/aromatic N) is 1. The van der Waals surface area contributed by atoms with Gasteiger partial charge >= 0.3 is 0 Å². The standard InChI is InChI=1S/C15H17NO/c1-10-7-8-16-9-13(10)15(17)14-11(2)5-4-6-12(14)3/h4-9,15,17H,1-3H3. The molecule has 0 aliphatic carbocycles. The second kappa shape index (κ2) is 4.68. The lowest BCUT2D eigenvalue weighted by Crippen LogP contribution is -2.06. The van der Waals surface area contributed by atoms with Crippen LogP contribution in [0.4, 0.5) is 0 Å². The van der Waals surface area contributed by atoms with Gasteiger partial charge in [-0.2, -0.15) is 0 Å². The summed E-state index contributed by atoms with van der Waals surface area (Å²) in [5, 5.41) is 10.5. The molecule has 0 spiro atoms. The minimum atomic E-state index is -0.593. The minimum Gasteiger partial charge on any atom is -0.384 e. The van der Waals surface area contributed by atoms with Crippen LogP contribution in [-0.2, 0) is 0 Å². The van der Waals surface area contributed by atoms with Crippen molar-refractivity contribution >= 4 is 0 Å². The van der Waals surface area contributed by atoms with Crippen LogP contribution in [0.5, 0.6) is 0 Å². The van der Waals surface area contributed by atoms with Gasteiger partial charge in [0, 0.05) is 18.0 Å². The van der Waals surface area contributed by atoms with Crippen LogP contribution >= 0.6 is 0 Å². The molecule has 1 atom stereocenters. The summed E-state index contributed by atoms with van der Waals surface area (Å²) in [5.41, 5.74) is 5.16. The first-order chi connectivity index (χ1) is 8.11. The molecule has 0 bridgehead atoms. The zero-order valence-electron chi connectivity index (χ0n) is 10.4. The second-order valence-corrected chi connectivity index (χ2v) is 4.44. The summed E-state index contributed by atoms with van der Waals surface area (Å²) in [6, 6.07) is 7.98. The van der Waals surface area contributed by atoms with E-state index in [2.05, 4.69) is 4.98 Å².